The van der Waals surface area contributed by atoms with Crippen LogP contribution in [0.2, 0.25) is 0 Å². The molecular formula is C9H12O2. The second kappa shape index (κ2) is 6.91. The van der Waals surface area contributed by atoms with Gasteiger partial charge in [-0.15, -0.1) is 6.42 Å². The summed E-state index contributed by atoms with van der Waals surface area (Å²) in [5.41, 5.74) is 0. The van der Waals surface area contributed by atoms with E-state index in [0.29, 0.717) is 12.4 Å². The number of hydrogen-bond donors (Lipinski definition) is 1. The van der Waals surface area contributed by atoms with Gasteiger partial charge in [0.1, 0.15) is 0 Å². The molecule has 0 amide bonds. The van der Waals surface area contributed by atoms with Crippen LogP contribution in [0.5, 0.6) is 0 Å². The van der Waals surface area contributed by atoms with Gasteiger partial charge in [0.2, 0.25) is 0 Å². The maximum Gasteiger partial charge on any atom is 0.176 e. The topological polar surface area (TPSA) is 33.4 Å². The van der Waals surface area contributed by atoms with E-state index < -0.39 is 0 Å². The Hall–Kier alpha value is -1.20. The lowest BCUT2D eigenvalue weighted by Crippen LogP contribution is -1.69. The first kappa shape index (κ1) is 9.80. The number of terminal acetylenes is 1. The summed E-state index contributed by atoms with van der Waals surface area (Å²) in [5, 5.41) is 7.88. The molecule has 2 heteroatoms. The Bertz CT molecular complexity index is 192. The van der Waals surface area contributed by atoms with Crippen LogP contribution in [0, 0.1) is 12.3 Å². The summed E-state index contributed by atoms with van der Waals surface area (Å²) in [7, 11) is 0. The Kier molecular flexibility index (Phi) is 6.16. The molecule has 0 bridgehead atoms. The van der Waals surface area contributed by atoms with E-state index in [-0.39, 0.29) is 0 Å². The number of hydrogen-bond acceptors (Lipinski definition) is 2. The van der Waals surface area contributed by atoms with Crippen LogP contribution < -0.4 is 0 Å². The van der Waals surface area contributed by atoms with Crippen molar-refractivity contribution in [3.05, 3.63) is 24.2 Å². The van der Waals surface area contributed by atoms with Crippen molar-refractivity contribution in [2.45, 2.75) is 13.3 Å². The normalized spacial score (nSPS) is 7.73. The van der Waals surface area contributed by atoms with Gasteiger partial charge in [0.05, 0.1) is 6.26 Å². The van der Waals surface area contributed by atoms with Gasteiger partial charge in [0.15, 0.2) is 5.76 Å². The molecule has 0 aliphatic rings. The van der Waals surface area contributed by atoms with Crippen molar-refractivity contribution < 1.29 is 9.52 Å². The number of rotatable bonds is 1. The Morgan fingerprint density at radius 2 is 2.36 bits per heavy atom. The summed E-state index contributed by atoms with van der Waals surface area (Å²) < 4.78 is 4.75. The average Bonchev–Trinajstić information content (AvgIpc) is 2.56. The predicted octanol–water partition coefficient (Wildman–Crippen LogP) is 1.65. The van der Waals surface area contributed by atoms with Crippen molar-refractivity contribution in [3.63, 3.8) is 0 Å². The molecule has 1 heterocycles. The fourth-order valence-electron chi connectivity index (χ4n) is 0.361. The maximum absolute atomic E-state index is 7.88. The van der Waals surface area contributed by atoms with E-state index in [0.717, 1.165) is 6.42 Å². The van der Waals surface area contributed by atoms with E-state index in [9.17, 15) is 0 Å². The summed E-state index contributed by atoms with van der Waals surface area (Å²) in [6, 6.07) is 3.50. The molecule has 0 atom stereocenters. The quantitative estimate of drug-likeness (QED) is 0.621. The molecule has 60 valence electrons. The second-order valence-electron chi connectivity index (χ2n) is 1.85. The number of aliphatic hydroxyl groups is 1. The molecule has 11 heavy (non-hydrogen) atoms. The van der Waals surface area contributed by atoms with Gasteiger partial charge in [-0.25, -0.2) is 0 Å². The molecule has 0 spiro atoms. The zero-order chi connectivity index (χ0) is 8.53. The fourth-order valence-corrected chi connectivity index (χ4v) is 0.361. The third-order valence-corrected chi connectivity index (χ3v) is 0.887. The molecule has 0 aliphatic heterocycles. The van der Waals surface area contributed by atoms with Crippen molar-refractivity contribution in [1.29, 1.82) is 0 Å². The molecule has 0 saturated heterocycles. The molecule has 1 aromatic rings. The van der Waals surface area contributed by atoms with Gasteiger partial charge in [-0.2, -0.15) is 0 Å². The molecule has 0 aliphatic carbocycles. The first-order chi connectivity index (χ1) is 5.35. The minimum absolute atomic E-state index is 0.319. The first-order valence-electron chi connectivity index (χ1n) is 3.46. The molecule has 0 aromatic carbocycles. The third-order valence-electron chi connectivity index (χ3n) is 0.887. The van der Waals surface area contributed by atoms with Gasteiger partial charge in [-0.1, -0.05) is 6.92 Å². The minimum atomic E-state index is 0.319. The smallest absolute Gasteiger partial charge is 0.176 e. The zero-order valence-electron chi connectivity index (χ0n) is 6.58. The number of aliphatic hydroxyl groups excluding tert-OH is 1. The van der Waals surface area contributed by atoms with Crippen LogP contribution >= 0.6 is 0 Å². The maximum atomic E-state index is 7.88. The van der Waals surface area contributed by atoms with Crippen LogP contribution in [-0.2, 0) is 0 Å². The molecular weight excluding hydrogens is 140 g/mol. The Morgan fingerprint density at radius 1 is 1.73 bits per heavy atom. The summed E-state index contributed by atoms with van der Waals surface area (Å²) in [6.45, 7) is 2.25. The average molecular weight is 152 g/mol. The van der Waals surface area contributed by atoms with Crippen molar-refractivity contribution in [2.75, 3.05) is 6.61 Å². The molecule has 0 fully saturated rings. The Balaban J connectivity index is 0.000000218. The summed E-state index contributed by atoms with van der Waals surface area (Å²) >= 11 is 0. The number of furan rings is 1. The van der Waals surface area contributed by atoms with Gasteiger partial charge in [0, 0.05) is 6.61 Å². The van der Waals surface area contributed by atoms with E-state index >= 15 is 0 Å². The Labute approximate surface area is 66.8 Å². The fraction of sp³-hybridized carbons (Fsp3) is 0.333. The molecule has 0 radical (unpaired) electrons. The van der Waals surface area contributed by atoms with Crippen molar-refractivity contribution >= 4 is 0 Å². The van der Waals surface area contributed by atoms with E-state index in [2.05, 4.69) is 5.92 Å². The van der Waals surface area contributed by atoms with E-state index in [1.807, 2.05) is 6.92 Å². The van der Waals surface area contributed by atoms with E-state index in [4.69, 9.17) is 15.9 Å². The SMILES string of the molecule is C#Cc1ccco1.CCCO. The lowest BCUT2D eigenvalue weighted by Gasteiger charge is -1.69. The zero-order valence-corrected chi connectivity index (χ0v) is 6.58. The Morgan fingerprint density at radius 3 is 2.55 bits per heavy atom. The molecule has 1 aromatic heterocycles. The summed E-state index contributed by atoms with van der Waals surface area (Å²) in [6.07, 6.45) is 7.38. The van der Waals surface area contributed by atoms with Crippen LogP contribution in [0.1, 0.15) is 19.1 Å². The van der Waals surface area contributed by atoms with Gasteiger partial charge in [0.25, 0.3) is 0 Å². The highest BCUT2D eigenvalue weighted by atomic mass is 16.3. The highest BCUT2D eigenvalue weighted by molar-refractivity contribution is 5.19. The van der Waals surface area contributed by atoms with Crippen LogP contribution in [-0.4, -0.2) is 11.7 Å². The predicted molar refractivity (Wildman–Crippen MR) is 44.0 cm³/mol. The van der Waals surface area contributed by atoms with Gasteiger partial charge < -0.3 is 9.52 Å². The van der Waals surface area contributed by atoms with Crippen LogP contribution in [0.4, 0.5) is 0 Å². The highest BCUT2D eigenvalue weighted by Gasteiger charge is 1.80. The summed E-state index contributed by atoms with van der Waals surface area (Å²) in [5.74, 6) is 2.92. The standard InChI is InChI=1S/C6H4O.C3H8O/c1-2-6-4-3-5-7-6;1-2-3-4/h1,3-5H;4H,2-3H2,1H3. The highest BCUT2D eigenvalue weighted by Crippen LogP contribution is 1.94. The monoisotopic (exact) mass is 152 g/mol. The first-order valence-corrected chi connectivity index (χ1v) is 3.46. The molecule has 0 unspecified atom stereocenters. The lowest BCUT2D eigenvalue weighted by atomic mass is 10.5. The van der Waals surface area contributed by atoms with E-state index in [1.54, 1.807) is 18.4 Å². The van der Waals surface area contributed by atoms with Crippen LogP contribution in [0.3, 0.4) is 0 Å². The molecule has 2 nitrogen and oxygen atoms in total. The van der Waals surface area contributed by atoms with Crippen molar-refractivity contribution in [3.8, 4) is 12.3 Å². The summed E-state index contributed by atoms with van der Waals surface area (Å²) in [4.78, 5) is 0. The lowest BCUT2D eigenvalue weighted by molar-refractivity contribution is 0.295. The van der Waals surface area contributed by atoms with Crippen molar-refractivity contribution in [1.82, 2.24) is 0 Å². The van der Waals surface area contributed by atoms with Gasteiger partial charge >= 0.3 is 0 Å². The molecule has 0 saturated carbocycles. The third kappa shape index (κ3) is 5.25. The van der Waals surface area contributed by atoms with Crippen LogP contribution in [0.25, 0.3) is 0 Å². The van der Waals surface area contributed by atoms with Crippen molar-refractivity contribution in [2.24, 2.45) is 0 Å². The van der Waals surface area contributed by atoms with E-state index in [1.165, 1.54) is 0 Å². The minimum Gasteiger partial charge on any atom is -0.456 e. The molecule has 1 rings (SSSR count). The van der Waals surface area contributed by atoms with Crippen LogP contribution in [0.15, 0.2) is 22.8 Å². The van der Waals surface area contributed by atoms with Gasteiger partial charge in [-0.05, 0) is 24.5 Å². The second-order valence-corrected chi connectivity index (χ2v) is 1.85. The van der Waals surface area contributed by atoms with Gasteiger partial charge in [-0.3, -0.25) is 0 Å². The molecule has 1 N–H and O–H groups in total. The largest absolute Gasteiger partial charge is 0.456 e.